The smallest absolute Gasteiger partial charge is 0.221 e. The number of hydrogen-bond donors (Lipinski definition) is 1. The maximum Gasteiger partial charge on any atom is 0.221 e. The number of ether oxygens (including phenoxy) is 1. The van der Waals surface area contributed by atoms with E-state index in [1.165, 1.54) is 0 Å². The van der Waals surface area contributed by atoms with Crippen molar-refractivity contribution in [3.8, 4) is 17.1 Å². The molecule has 6 nitrogen and oxygen atoms in total. The lowest BCUT2D eigenvalue weighted by atomic mass is 10.1. The van der Waals surface area contributed by atoms with Gasteiger partial charge < -0.3 is 19.9 Å². The van der Waals surface area contributed by atoms with E-state index >= 15 is 0 Å². The Labute approximate surface area is 148 Å². The minimum Gasteiger partial charge on any atom is -0.481 e. The SMILES string of the molecule is COc1ccc(N2CCNC(=O)CC2)c(-c2ccc(N(C)C)cc2)n1. The highest BCUT2D eigenvalue weighted by molar-refractivity contribution is 5.80. The summed E-state index contributed by atoms with van der Waals surface area (Å²) < 4.78 is 5.32. The second kappa shape index (κ2) is 7.42. The van der Waals surface area contributed by atoms with E-state index < -0.39 is 0 Å². The quantitative estimate of drug-likeness (QED) is 0.924. The van der Waals surface area contributed by atoms with Gasteiger partial charge in [0.15, 0.2) is 0 Å². The number of rotatable bonds is 4. The molecule has 0 spiro atoms. The van der Waals surface area contributed by atoms with Crippen LogP contribution in [0.4, 0.5) is 11.4 Å². The zero-order chi connectivity index (χ0) is 17.8. The molecule has 0 radical (unpaired) electrons. The monoisotopic (exact) mass is 340 g/mol. The highest BCUT2D eigenvalue weighted by Gasteiger charge is 2.19. The van der Waals surface area contributed by atoms with E-state index in [4.69, 9.17) is 4.74 Å². The van der Waals surface area contributed by atoms with Gasteiger partial charge in [0.2, 0.25) is 11.8 Å². The maximum atomic E-state index is 11.6. The van der Waals surface area contributed by atoms with Gasteiger partial charge in [-0.3, -0.25) is 4.79 Å². The highest BCUT2D eigenvalue weighted by atomic mass is 16.5. The third-order valence-corrected chi connectivity index (χ3v) is 4.37. The molecular formula is C19H24N4O2. The lowest BCUT2D eigenvalue weighted by Gasteiger charge is -2.24. The first kappa shape index (κ1) is 17.1. The first-order valence-electron chi connectivity index (χ1n) is 8.43. The summed E-state index contributed by atoms with van der Waals surface area (Å²) in [6, 6.07) is 12.2. The van der Waals surface area contributed by atoms with Crippen molar-refractivity contribution in [1.82, 2.24) is 10.3 Å². The Morgan fingerprint density at radius 2 is 1.88 bits per heavy atom. The summed E-state index contributed by atoms with van der Waals surface area (Å²) in [5.74, 6) is 0.681. The summed E-state index contributed by atoms with van der Waals surface area (Å²) in [7, 11) is 5.66. The fourth-order valence-electron chi connectivity index (χ4n) is 2.94. The second-order valence-electron chi connectivity index (χ2n) is 6.25. The molecule has 0 unspecified atom stereocenters. The predicted octanol–water partition coefficient (Wildman–Crippen LogP) is 2.15. The lowest BCUT2D eigenvalue weighted by molar-refractivity contribution is -0.120. The number of aromatic nitrogens is 1. The maximum absolute atomic E-state index is 11.6. The molecule has 132 valence electrons. The Morgan fingerprint density at radius 1 is 1.12 bits per heavy atom. The van der Waals surface area contributed by atoms with E-state index in [-0.39, 0.29) is 5.91 Å². The summed E-state index contributed by atoms with van der Waals surface area (Å²) in [5.41, 5.74) is 4.06. The van der Waals surface area contributed by atoms with Gasteiger partial charge in [-0.1, -0.05) is 12.1 Å². The van der Waals surface area contributed by atoms with E-state index in [1.54, 1.807) is 7.11 Å². The lowest BCUT2D eigenvalue weighted by Crippen LogP contribution is -2.28. The van der Waals surface area contributed by atoms with Crippen molar-refractivity contribution >= 4 is 17.3 Å². The van der Waals surface area contributed by atoms with Crippen molar-refractivity contribution in [2.75, 3.05) is 50.6 Å². The van der Waals surface area contributed by atoms with Crippen molar-refractivity contribution in [2.24, 2.45) is 0 Å². The van der Waals surface area contributed by atoms with Gasteiger partial charge in [-0.05, 0) is 18.2 Å². The summed E-state index contributed by atoms with van der Waals surface area (Å²) in [4.78, 5) is 20.6. The number of pyridine rings is 1. The minimum atomic E-state index is 0.0980. The molecule has 0 atom stereocenters. The zero-order valence-electron chi connectivity index (χ0n) is 15.0. The van der Waals surface area contributed by atoms with Crippen LogP contribution < -0.4 is 19.9 Å². The van der Waals surface area contributed by atoms with E-state index in [1.807, 2.05) is 26.2 Å². The Hall–Kier alpha value is -2.76. The predicted molar refractivity (Wildman–Crippen MR) is 100 cm³/mol. The normalized spacial score (nSPS) is 14.7. The number of benzene rings is 1. The molecule has 1 N–H and O–H groups in total. The number of methoxy groups -OCH3 is 1. The van der Waals surface area contributed by atoms with Crippen LogP contribution in [-0.2, 0) is 4.79 Å². The molecule has 25 heavy (non-hydrogen) atoms. The summed E-state index contributed by atoms with van der Waals surface area (Å²) >= 11 is 0. The largest absolute Gasteiger partial charge is 0.481 e. The zero-order valence-corrected chi connectivity index (χ0v) is 15.0. The average molecular weight is 340 g/mol. The first-order valence-corrected chi connectivity index (χ1v) is 8.43. The number of nitrogens with one attached hydrogen (secondary N) is 1. The molecule has 1 aliphatic rings. The molecule has 1 aromatic carbocycles. The van der Waals surface area contributed by atoms with Crippen LogP contribution in [0.25, 0.3) is 11.3 Å². The number of carbonyl (C=O) groups excluding carboxylic acids is 1. The van der Waals surface area contributed by atoms with Crippen LogP contribution >= 0.6 is 0 Å². The molecule has 1 aliphatic heterocycles. The van der Waals surface area contributed by atoms with Crippen molar-refractivity contribution in [2.45, 2.75) is 6.42 Å². The molecular weight excluding hydrogens is 316 g/mol. The standard InChI is InChI=1S/C19H24N4O2/c1-22(2)15-6-4-14(5-7-15)19-16(8-9-18(21-19)25-3)23-12-10-17(24)20-11-13-23/h4-9H,10-13H2,1-3H3,(H,20,24). The van der Waals surface area contributed by atoms with Crippen molar-refractivity contribution in [1.29, 1.82) is 0 Å². The number of hydrogen-bond acceptors (Lipinski definition) is 5. The Balaban J connectivity index is 1.99. The number of amides is 1. The fourth-order valence-corrected chi connectivity index (χ4v) is 2.94. The van der Waals surface area contributed by atoms with Gasteiger partial charge in [-0.15, -0.1) is 0 Å². The van der Waals surface area contributed by atoms with Gasteiger partial charge in [-0.2, -0.15) is 0 Å². The van der Waals surface area contributed by atoms with Crippen molar-refractivity contribution < 1.29 is 9.53 Å². The molecule has 1 aromatic heterocycles. The molecule has 6 heteroatoms. The average Bonchev–Trinajstić information content (AvgIpc) is 2.85. The van der Waals surface area contributed by atoms with Gasteiger partial charge >= 0.3 is 0 Å². The molecule has 1 fully saturated rings. The van der Waals surface area contributed by atoms with E-state index in [0.29, 0.717) is 25.4 Å². The molecule has 0 aliphatic carbocycles. The highest BCUT2D eigenvalue weighted by Crippen LogP contribution is 2.32. The van der Waals surface area contributed by atoms with Gasteiger partial charge in [0, 0.05) is 57.5 Å². The Kier molecular flexibility index (Phi) is 5.07. The fraction of sp³-hybridized carbons (Fsp3) is 0.368. The summed E-state index contributed by atoms with van der Waals surface area (Å²) in [6.45, 7) is 2.09. The molecule has 0 bridgehead atoms. The van der Waals surface area contributed by atoms with Gasteiger partial charge in [0.1, 0.15) is 0 Å². The first-order chi connectivity index (χ1) is 12.1. The van der Waals surface area contributed by atoms with Crippen LogP contribution in [-0.4, -0.2) is 51.7 Å². The summed E-state index contributed by atoms with van der Waals surface area (Å²) in [6.07, 6.45) is 0.491. The topological polar surface area (TPSA) is 57.7 Å². The van der Waals surface area contributed by atoms with Gasteiger partial charge in [0.25, 0.3) is 0 Å². The third-order valence-electron chi connectivity index (χ3n) is 4.37. The van der Waals surface area contributed by atoms with Crippen LogP contribution in [0.3, 0.4) is 0 Å². The number of nitrogens with zero attached hydrogens (tertiary/aromatic N) is 3. The van der Waals surface area contributed by atoms with Gasteiger partial charge in [0.05, 0.1) is 18.5 Å². The molecule has 0 saturated carbocycles. The molecule has 3 rings (SSSR count). The number of carbonyl (C=O) groups is 1. The molecule has 1 amide bonds. The van der Waals surface area contributed by atoms with Crippen LogP contribution in [0.5, 0.6) is 5.88 Å². The Morgan fingerprint density at radius 3 is 2.56 bits per heavy atom. The van der Waals surface area contributed by atoms with Crippen LogP contribution in [0, 0.1) is 0 Å². The second-order valence-corrected chi connectivity index (χ2v) is 6.25. The Bertz CT molecular complexity index is 744. The minimum absolute atomic E-state index is 0.0980. The van der Waals surface area contributed by atoms with Gasteiger partial charge in [-0.25, -0.2) is 4.98 Å². The molecule has 2 aromatic rings. The van der Waals surface area contributed by atoms with E-state index in [9.17, 15) is 4.79 Å². The van der Waals surface area contributed by atoms with Crippen LogP contribution in [0.1, 0.15) is 6.42 Å². The van der Waals surface area contributed by atoms with Crippen LogP contribution in [0.15, 0.2) is 36.4 Å². The van der Waals surface area contributed by atoms with Crippen molar-refractivity contribution in [3.05, 3.63) is 36.4 Å². The third kappa shape index (κ3) is 3.84. The summed E-state index contributed by atoms with van der Waals surface area (Å²) in [5, 5.41) is 2.91. The molecule has 2 heterocycles. The van der Waals surface area contributed by atoms with E-state index in [0.717, 1.165) is 29.2 Å². The van der Waals surface area contributed by atoms with E-state index in [2.05, 4.69) is 44.4 Å². The number of anilines is 2. The molecule has 1 saturated heterocycles. The van der Waals surface area contributed by atoms with Crippen LogP contribution in [0.2, 0.25) is 0 Å². The van der Waals surface area contributed by atoms with Crippen molar-refractivity contribution in [3.63, 3.8) is 0 Å².